The Hall–Kier alpha value is -1.68. The van der Waals surface area contributed by atoms with E-state index in [-0.39, 0.29) is 0 Å². The minimum Gasteiger partial charge on any atom is -0.478 e. The summed E-state index contributed by atoms with van der Waals surface area (Å²) in [5, 5.41) is 9.49. The first kappa shape index (κ1) is 10.8. The van der Waals surface area contributed by atoms with Gasteiger partial charge in [0, 0.05) is 22.1 Å². The highest BCUT2D eigenvalue weighted by molar-refractivity contribution is 9.10. The van der Waals surface area contributed by atoms with Crippen LogP contribution in [0.15, 0.2) is 41.0 Å². The number of benzene rings is 1. The summed E-state index contributed by atoms with van der Waals surface area (Å²) in [6, 6.07) is 7.67. The molecule has 2 rings (SSSR count). The molecule has 0 amide bonds. The Balaban J connectivity index is 2.46. The van der Waals surface area contributed by atoms with Crippen molar-refractivity contribution < 1.29 is 9.90 Å². The van der Waals surface area contributed by atoms with E-state index in [2.05, 4.69) is 20.9 Å². The summed E-state index contributed by atoms with van der Waals surface area (Å²) in [6.07, 6.45) is 4.27. The van der Waals surface area contributed by atoms with Crippen LogP contribution in [0, 0.1) is 0 Å². The maximum Gasteiger partial charge on any atom is 0.328 e. The zero-order chi connectivity index (χ0) is 11.5. The van der Waals surface area contributed by atoms with Gasteiger partial charge in [-0.2, -0.15) is 0 Å². The minimum atomic E-state index is -0.964. The summed E-state index contributed by atoms with van der Waals surface area (Å²) in [5.74, 6) is -0.964. The van der Waals surface area contributed by atoms with E-state index in [0.717, 1.165) is 27.0 Å². The number of carboxylic acid groups (broad SMARTS) is 1. The van der Waals surface area contributed by atoms with Crippen LogP contribution < -0.4 is 0 Å². The van der Waals surface area contributed by atoms with E-state index in [1.54, 1.807) is 6.20 Å². The molecular weight excluding hydrogens is 270 g/mol. The first-order valence-corrected chi connectivity index (χ1v) is 5.41. The highest BCUT2D eigenvalue weighted by Gasteiger charge is 1.97. The molecule has 0 aliphatic rings. The molecule has 4 heteroatoms. The van der Waals surface area contributed by atoms with Gasteiger partial charge in [0.25, 0.3) is 0 Å². The van der Waals surface area contributed by atoms with Gasteiger partial charge in [-0.1, -0.05) is 15.9 Å². The summed E-state index contributed by atoms with van der Waals surface area (Å²) in [5.41, 5.74) is 1.66. The van der Waals surface area contributed by atoms with E-state index in [1.165, 1.54) is 6.08 Å². The van der Waals surface area contributed by atoms with Gasteiger partial charge in [0.15, 0.2) is 0 Å². The summed E-state index contributed by atoms with van der Waals surface area (Å²) < 4.78 is 0.973. The van der Waals surface area contributed by atoms with Gasteiger partial charge >= 0.3 is 5.97 Å². The van der Waals surface area contributed by atoms with Gasteiger partial charge in [-0.25, -0.2) is 4.79 Å². The predicted molar refractivity (Wildman–Crippen MR) is 66.1 cm³/mol. The zero-order valence-corrected chi connectivity index (χ0v) is 9.81. The monoisotopic (exact) mass is 277 g/mol. The van der Waals surface area contributed by atoms with Gasteiger partial charge in [-0.3, -0.25) is 4.98 Å². The minimum absolute atomic E-state index is 0.771. The molecule has 0 saturated heterocycles. The third-order valence-corrected chi connectivity index (χ3v) is 2.58. The molecule has 1 N–H and O–H groups in total. The number of carbonyl (C=O) groups is 1. The molecule has 0 radical (unpaired) electrons. The fourth-order valence-corrected chi connectivity index (χ4v) is 1.76. The molecule has 16 heavy (non-hydrogen) atoms. The van der Waals surface area contributed by atoms with Crippen molar-refractivity contribution in [3.8, 4) is 0 Å². The number of nitrogens with zero attached hydrogens (tertiary/aromatic N) is 1. The Labute approximate surface area is 101 Å². The van der Waals surface area contributed by atoms with Crippen molar-refractivity contribution in [2.24, 2.45) is 0 Å². The van der Waals surface area contributed by atoms with Crippen LogP contribution in [0.4, 0.5) is 0 Å². The summed E-state index contributed by atoms with van der Waals surface area (Å²) in [4.78, 5) is 14.6. The number of rotatable bonds is 2. The fourth-order valence-electron chi connectivity index (χ4n) is 1.38. The highest BCUT2D eigenvalue weighted by atomic mass is 79.9. The number of carboxylic acids is 1. The van der Waals surface area contributed by atoms with Crippen molar-refractivity contribution in [3.05, 3.63) is 46.6 Å². The van der Waals surface area contributed by atoms with Crippen LogP contribution in [0.25, 0.3) is 17.0 Å². The van der Waals surface area contributed by atoms with E-state index in [1.807, 2.05) is 24.3 Å². The molecule has 0 fully saturated rings. The second-order valence-corrected chi connectivity index (χ2v) is 4.19. The molecule has 0 atom stereocenters. The molecule has 1 heterocycles. The average molecular weight is 278 g/mol. The number of pyridine rings is 1. The Morgan fingerprint density at radius 3 is 2.94 bits per heavy atom. The highest BCUT2D eigenvalue weighted by Crippen LogP contribution is 2.19. The van der Waals surface area contributed by atoms with E-state index < -0.39 is 5.97 Å². The van der Waals surface area contributed by atoms with E-state index in [9.17, 15) is 4.79 Å². The smallest absolute Gasteiger partial charge is 0.328 e. The number of fused-ring (bicyclic) bond motifs is 1. The van der Waals surface area contributed by atoms with E-state index in [0.29, 0.717) is 0 Å². The van der Waals surface area contributed by atoms with E-state index in [4.69, 9.17) is 5.11 Å². The number of hydrogen-bond donors (Lipinski definition) is 1. The molecule has 0 unspecified atom stereocenters. The van der Waals surface area contributed by atoms with Crippen molar-refractivity contribution in [2.45, 2.75) is 0 Å². The van der Waals surface area contributed by atoms with Crippen molar-refractivity contribution in [1.82, 2.24) is 4.98 Å². The van der Waals surface area contributed by atoms with E-state index >= 15 is 0 Å². The number of aliphatic carboxylic acids is 1. The molecular formula is C12H8BrNO2. The molecule has 0 saturated carbocycles. The topological polar surface area (TPSA) is 50.2 Å². The van der Waals surface area contributed by atoms with Gasteiger partial charge in [0.05, 0.1) is 5.52 Å². The average Bonchev–Trinajstić information content (AvgIpc) is 2.25. The van der Waals surface area contributed by atoms with Crippen LogP contribution in [0.5, 0.6) is 0 Å². The maximum absolute atomic E-state index is 10.4. The third-order valence-electron chi connectivity index (χ3n) is 2.08. The fraction of sp³-hybridized carbons (Fsp3) is 0. The van der Waals surface area contributed by atoms with Crippen LogP contribution >= 0.6 is 15.9 Å². The van der Waals surface area contributed by atoms with Gasteiger partial charge < -0.3 is 5.11 Å². The van der Waals surface area contributed by atoms with Gasteiger partial charge in [-0.15, -0.1) is 0 Å². The largest absolute Gasteiger partial charge is 0.478 e. The molecule has 1 aromatic heterocycles. The van der Waals surface area contributed by atoms with Crippen molar-refractivity contribution in [2.75, 3.05) is 0 Å². The van der Waals surface area contributed by atoms with Gasteiger partial charge in [0.2, 0.25) is 0 Å². The summed E-state index contributed by atoms with van der Waals surface area (Å²) in [6.45, 7) is 0. The third kappa shape index (κ3) is 2.46. The molecule has 2 aromatic rings. The Kier molecular flexibility index (Phi) is 3.01. The molecule has 0 aliphatic heterocycles. The lowest BCUT2D eigenvalue weighted by Crippen LogP contribution is -1.86. The van der Waals surface area contributed by atoms with Crippen molar-refractivity contribution in [3.63, 3.8) is 0 Å². The lowest BCUT2D eigenvalue weighted by atomic mass is 10.1. The van der Waals surface area contributed by atoms with Gasteiger partial charge in [-0.05, 0) is 35.9 Å². The Morgan fingerprint density at radius 2 is 2.19 bits per heavy atom. The molecule has 3 nitrogen and oxygen atoms in total. The number of hydrogen-bond acceptors (Lipinski definition) is 2. The molecule has 0 spiro atoms. The zero-order valence-electron chi connectivity index (χ0n) is 8.22. The van der Waals surface area contributed by atoms with Crippen LogP contribution in [-0.2, 0) is 4.79 Å². The molecule has 80 valence electrons. The standard InChI is InChI=1S/C12H8BrNO2/c13-10-2-3-11-9(6-10)5-8(7-14-11)1-4-12(15)16/h1-7H,(H,15,16)/b4-1+. The maximum atomic E-state index is 10.4. The second kappa shape index (κ2) is 4.45. The normalized spacial score (nSPS) is 11.1. The van der Waals surface area contributed by atoms with Crippen LogP contribution in [-0.4, -0.2) is 16.1 Å². The first-order valence-electron chi connectivity index (χ1n) is 4.61. The molecule has 0 bridgehead atoms. The van der Waals surface area contributed by atoms with Crippen LogP contribution in [0.3, 0.4) is 0 Å². The second-order valence-electron chi connectivity index (χ2n) is 3.28. The molecule has 0 aliphatic carbocycles. The number of aromatic nitrogens is 1. The first-order chi connectivity index (χ1) is 7.65. The number of halogens is 1. The SMILES string of the molecule is O=C(O)/C=C/c1cnc2ccc(Br)cc2c1. The summed E-state index contributed by atoms with van der Waals surface area (Å²) >= 11 is 3.38. The Bertz CT molecular complexity index is 578. The van der Waals surface area contributed by atoms with Gasteiger partial charge in [0.1, 0.15) is 0 Å². The summed E-state index contributed by atoms with van der Waals surface area (Å²) in [7, 11) is 0. The lowest BCUT2D eigenvalue weighted by Gasteiger charge is -1.99. The van der Waals surface area contributed by atoms with Crippen molar-refractivity contribution in [1.29, 1.82) is 0 Å². The molecule has 1 aromatic carbocycles. The Morgan fingerprint density at radius 1 is 1.38 bits per heavy atom. The predicted octanol–water partition coefficient (Wildman–Crippen LogP) is 3.10. The van der Waals surface area contributed by atoms with Crippen LogP contribution in [0.2, 0.25) is 0 Å². The van der Waals surface area contributed by atoms with Crippen molar-refractivity contribution >= 4 is 38.9 Å². The van der Waals surface area contributed by atoms with Crippen LogP contribution in [0.1, 0.15) is 5.56 Å². The quantitative estimate of drug-likeness (QED) is 0.859. The lowest BCUT2D eigenvalue weighted by molar-refractivity contribution is -0.131.